The molecule has 5 atom stereocenters. The summed E-state index contributed by atoms with van der Waals surface area (Å²) in [6.07, 6.45) is 1.77. The van der Waals surface area contributed by atoms with E-state index in [0.717, 1.165) is 46.8 Å². The largest absolute Gasteiger partial charge is 0.445 e. The predicted octanol–water partition coefficient (Wildman–Crippen LogP) is 5.01. The molecule has 0 spiro atoms. The van der Waals surface area contributed by atoms with Gasteiger partial charge >= 0.3 is 6.09 Å². The summed E-state index contributed by atoms with van der Waals surface area (Å²) in [4.78, 5) is 42.0. The van der Waals surface area contributed by atoms with E-state index in [2.05, 4.69) is 17.1 Å². The molecule has 3 fully saturated rings. The van der Waals surface area contributed by atoms with Crippen LogP contribution in [0, 0.1) is 5.92 Å². The van der Waals surface area contributed by atoms with Crippen LogP contribution in [0.15, 0.2) is 78.9 Å². The number of carbonyl (C=O) groups excluding carboxylic acids is 3. The highest BCUT2D eigenvalue weighted by Gasteiger charge is 2.42. The summed E-state index contributed by atoms with van der Waals surface area (Å²) in [5.74, 6) is -0.833. The molecule has 0 bridgehead atoms. The number of benzene rings is 3. The van der Waals surface area contributed by atoms with Gasteiger partial charge in [0.1, 0.15) is 12.6 Å². The summed E-state index contributed by atoms with van der Waals surface area (Å²) < 4.78 is 18.4. The molecule has 5 unspecified atom stereocenters. The zero-order valence-corrected chi connectivity index (χ0v) is 26.0. The monoisotopic (exact) mass is 627 g/mol. The molecule has 10 nitrogen and oxygen atoms in total. The molecule has 0 radical (unpaired) electrons. The zero-order chi connectivity index (χ0) is 32.0. The van der Waals surface area contributed by atoms with Crippen molar-refractivity contribution in [1.82, 2.24) is 10.2 Å². The molecule has 3 amide bonds. The van der Waals surface area contributed by atoms with E-state index in [1.807, 2.05) is 66.7 Å². The number of aliphatic hydroxyl groups is 1. The standard InChI is InChI=1S/C36H41N3O7/c1-24-31(21-38-18-6-3-7-19-38)45-35(46-33(24)27-12-10-25(22-40)11-13-27)28-14-16-29(17-15-28)39-32(41)20-30(34(39)42)37-36(43)44-23-26-8-4-2-5-9-26/h2,4-5,8-17,24,30-31,33,35,40H,3,6-7,18-23H2,1H3,(H,37,43). The SMILES string of the molecule is CC1C(CN2CCCCC2)OC(c2ccc(N3C(=O)CC(NC(=O)OCc4ccccc4)C3=O)cc2)OC1c1ccc(CO)cc1. The topological polar surface area (TPSA) is 118 Å². The lowest BCUT2D eigenvalue weighted by molar-refractivity contribution is -0.276. The smallest absolute Gasteiger partial charge is 0.408 e. The maximum absolute atomic E-state index is 13.2. The third kappa shape index (κ3) is 7.31. The minimum atomic E-state index is -1.00. The molecule has 0 saturated carbocycles. The maximum Gasteiger partial charge on any atom is 0.408 e. The lowest BCUT2D eigenvalue weighted by Gasteiger charge is -2.43. The van der Waals surface area contributed by atoms with E-state index in [-0.39, 0.29) is 37.8 Å². The normalized spacial score (nSPS) is 25.4. The van der Waals surface area contributed by atoms with Crippen molar-refractivity contribution in [3.8, 4) is 0 Å². The number of nitrogens with one attached hydrogen (secondary N) is 1. The average molecular weight is 628 g/mol. The summed E-state index contributed by atoms with van der Waals surface area (Å²) in [7, 11) is 0. The predicted molar refractivity (Wildman–Crippen MR) is 170 cm³/mol. The Labute approximate surface area is 269 Å². The molecule has 3 aliphatic rings. The molecule has 10 heteroatoms. The van der Waals surface area contributed by atoms with Crippen LogP contribution in [0.3, 0.4) is 0 Å². The van der Waals surface area contributed by atoms with E-state index < -0.39 is 30.2 Å². The van der Waals surface area contributed by atoms with Crippen LogP contribution < -0.4 is 10.2 Å². The molecule has 0 aliphatic carbocycles. The molecule has 46 heavy (non-hydrogen) atoms. The average Bonchev–Trinajstić information content (AvgIpc) is 3.37. The summed E-state index contributed by atoms with van der Waals surface area (Å²) >= 11 is 0. The van der Waals surface area contributed by atoms with Crippen LogP contribution in [0.5, 0.6) is 0 Å². The van der Waals surface area contributed by atoms with Crippen molar-refractivity contribution >= 4 is 23.6 Å². The number of alkyl carbamates (subject to hydrolysis) is 1. The number of ether oxygens (including phenoxy) is 3. The van der Waals surface area contributed by atoms with Crippen LogP contribution in [0.2, 0.25) is 0 Å². The number of anilines is 1. The van der Waals surface area contributed by atoms with E-state index in [4.69, 9.17) is 14.2 Å². The van der Waals surface area contributed by atoms with Gasteiger partial charge in [-0.15, -0.1) is 0 Å². The Balaban J connectivity index is 1.14. The van der Waals surface area contributed by atoms with E-state index in [1.165, 1.54) is 19.3 Å². The van der Waals surface area contributed by atoms with Gasteiger partial charge in [-0.2, -0.15) is 0 Å². The number of hydrogen-bond acceptors (Lipinski definition) is 8. The van der Waals surface area contributed by atoms with Gasteiger partial charge in [-0.05, 0) is 54.8 Å². The molecular formula is C36H41N3O7. The molecule has 0 aromatic heterocycles. The van der Waals surface area contributed by atoms with E-state index in [0.29, 0.717) is 5.69 Å². The number of nitrogens with zero attached hydrogens (tertiary/aromatic N) is 2. The van der Waals surface area contributed by atoms with Gasteiger partial charge in [-0.1, -0.05) is 80.1 Å². The van der Waals surface area contributed by atoms with Crippen LogP contribution in [-0.4, -0.2) is 59.7 Å². The van der Waals surface area contributed by atoms with Gasteiger partial charge in [-0.3, -0.25) is 9.59 Å². The van der Waals surface area contributed by atoms with Gasteiger partial charge in [0, 0.05) is 18.0 Å². The van der Waals surface area contributed by atoms with Crippen molar-refractivity contribution in [2.24, 2.45) is 5.92 Å². The highest BCUT2D eigenvalue weighted by Crippen LogP contribution is 2.42. The highest BCUT2D eigenvalue weighted by molar-refractivity contribution is 6.22. The van der Waals surface area contributed by atoms with Gasteiger partial charge in [-0.25, -0.2) is 9.69 Å². The summed E-state index contributed by atoms with van der Waals surface area (Å²) in [6.45, 7) is 5.12. The number of likely N-dealkylation sites (tertiary alicyclic amines) is 1. The first-order valence-electron chi connectivity index (χ1n) is 16.1. The van der Waals surface area contributed by atoms with Crippen molar-refractivity contribution in [2.75, 3.05) is 24.5 Å². The Morgan fingerprint density at radius 3 is 2.28 bits per heavy atom. The molecule has 3 aromatic carbocycles. The minimum absolute atomic E-state index is 0.0196. The second-order valence-corrected chi connectivity index (χ2v) is 12.3. The zero-order valence-electron chi connectivity index (χ0n) is 26.0. The highest BCUT2D eigenvalue weighted by atomic mass is 16.7. The molecular weight excluding hydrogens is 586 g/mol. The maximum atomic E-state index is 13.2. The molecule has 3 aliphatic heterocycles. The van der Waals surface area contributed by atoms with Crippen LogP contribution in [0.4, 0.5) is 10.5 Å². The van der Waals surface area contributed by atoms with Gasteiger partial charge < -0.3 is 29.5 Å². The Hall–Kier alpha value is -4.09. The number of rotatable bonds is 9. The summed E-state index contributed by atoms with van der Waals surface area (Å²) in [5, 5.41) is 12.1. The lowest BCUT2D eigenvalue weighted by atomic mass is 9.89. The Morgan fingerprint density at radius 2 is 1.59 bits per heavy atom. The molecule has 3 saturated heterocycles. The second kappa shape index (κ2) is 14.6. The number of hydrogen-bond donors (Lipinski definition) is 2. The van der Waals surface area contributed by atoms with Crippen LogP contribution in [0.25, 0.3) is 0 Å². The number of piperidine rings is 1. The molecule has 6 rings (SSSR count). The Kier molecular flexibility index (Phi) is 10.1. The number of carbonyl (C=O) groups is 3. The number of aliphatic hydroxyl groups excluding tert-OH is 1. The Morgan fingerprint density at radius 1 is 0.891 bits per heavy atom. The summed E-state index contributed by atoms with van der Waals surface area (Å²) in [6, 6.07) is 23.1. The number of imide groups is 1. The van der Waals surface area contributed by atoms with Crippen LogP contribution >= 0.6 is 0 Å². The van der Waals surface area contributed by atoms with E-state index in [1.54, 1.807) is 12.1 Å². The third-order valence-electron chi connectivity index (χ3n) is 9.09. The number of amides is 3. The first kappa shape index (κ1) is 31.9. The van der Waals surface area contributed by atoms with Gasteiger partial charge in [0.2, 0.25) is 5.91 Å². The fraction of sp³-hybridized carbons (Fsp3) is 0.417. The van der Waals surface area contributed by atoms with Crippen molar-refractivity contribution in [3.05, 3.63) is 101 Å². The van der Waals surface area contributed by atoms with E-state index in [9.17, 15) is 19.5 Å². The molecule has 3 aromatic rings. The Bertz CT molecular complexity index is 1490. The first-order chi connectivity index (χ1) is 22.4. The molecule has 2 N–H and O–H groups in total. The van der Waals surface area contributed by atoms with Crippen molar-refractivity contribution in [3.63, 3.8) is 0 Å². The van der Waals surface area contributed by atoms with Gasteiger partial charge in [0.05, 0.1) is 30.9 Å². The second-order valence-electron chi connectivity index (χ2n) is 12.3. The van der Waals surface area contributed by atoms with Gasteiger partial charge in [0.25, 0.3) is 5.91 Å². The quantitative estimate of drug-likeness (QED) is 0.318. The fourth-order valence-corrected chi connectivity index (χ4v) is 6.43. The van der Waals surface area contributed by atoms with Crippen molar-refractivity contribution in [2.45, 2.75) is 70.4 Å². The van der Waals surface area contributed by atoms with Crippen LogP contribution in [-0.2, 0) is 37.0 Å². The minimum Gasteiger partial charge on any atom is -0.445 e. The van der Waals surface area contributed by atoms with Crippen LogP contribution in [0.1, 0.15) is 67.3 Å². The van der Waals surface area contributed by atoms with Crippen molar-refractivity contribution < 1.29 is 33.7 Å². The molecule has 3 heterocycles. The lowest BCUT2D eigenvalue weighted by Crippen LogP contribution is -2.45. The third-order valence-corrected chi connectivity index (χ3v) is 9.09. The van der Waals surface area contributed by atoms with Crippen molar-refractivity contribution in [1.29, 1.82) is 0 Å². The molecule has 242 valence electrons. The summed E-state index contributed by atoms with van der Waals surface area (Å²) in [5.41, 5.74) is 3.86. The van der Waals surface area contributed by atoms with E-state index >= 15 is 0 Å². The first-order valence-corrected chi connectivity index (χ1v) is 16.1. The fourth-order valence-electron chi connectivity index (χ4n) is 6.43. The van der Waals surface area contributed by atoms with Gasteiger partial charge in [0.15, 0.2) is 6.29 Å².